The number of fused-ring (bicyclic) bond motifs is 1. The normalized spacial score (nSPS) is 12.1. The number of aryl methyl sites for hydroxylation is 1. The molecule has 146 valence electrons. The Bertz CT molecular complexity index is 1140. The van der Waals surface area contributed by atoms with Crippen molar-refractivity contribution in [1.29, 1.82) is 0 Å². The quantitative estimate of drug-likeness (QED) is 0.513. The highest BCUT2D eigenvalue weighted by Crippen LogP contribution is 2.19. The van der Waals surface area contributed by atoms with Crippen LogP contribution in [0.5, 0.6) is 0 Å². The van der Waals surface area contributed by atoms with Crippen LogP contribution in [0.4, 0.5) is 10.1 Å². The Kier molecular flexibility index (Phi) is 5.31. The summed E-state index contributed by atoms with van der Waals surface area (Å²) in [5, 5.41) is 3.69. The summed E-state index contributed by atoms with van der Waals surface area (Å²) in [5.74, 6) is -0.389. The van der Waals surface area contributed by atoms with Crippen LogP contribution in [-0.4, -0.2) is 15.9 Å². The standard InChI is InChI=1S/C22H19FN4O2/c23-16-8-5-14(6-9-16)7-10-18(24)22-27-20(13-29-22)21(28)26-17-11-15-3-1-2-4-19(15)25-12-17/h1-6,8-9,11-13,18H,7,10,24H2,(H,26,28)/t18-/m1/s1. The number of pyridine rings is 1. The highest BCUT2D eigenvalue weighted by molar-refractivity contribution is 6.03. The summed E-state index contributed by atoms with van der Waals surface area (Å²) in [5.41, 5.74) is 8.66. The van der Waals surface area contributed by atoms with Gasteiger partial charge in [-0.3, -0.25) is 9.78 Å². The van der Waals surface area contributed by atoms with Gasteiger partial charge in [0.05, 0.1) is 23.4 Å². The first-order valence-electron chi connectivity index (χ1n) is 9.20. The Morgan fingerprint density at radius 1 is 1.17 bits per heavy atom. The van der Waals surface area contributed by atoms with E-state index in [1.54, 1.807) is 18.3 Å². The molecule has 4 rings (SSSR count). The van der Waals surface area contributed by atoms with Crippen molar-refractivity contribution in [2.75, 3.05) is 5.32 Å². The summed E-state index contributed by atoms with van der Waals surface area (Å²) >= 11 is 0. The molecule has 1 amide bonds. The third kappa shape index (κ3) is 4.47. The molecule has 0 spiro atoms. The lowest BCUT2D eigenvalue weighted by atomic mass is 10.1. The number of para-hydroxylation sites is 1. The maximum Gasteiger partial charge on any atom is 0.277 e. The molecule has 3 N–H and O–H groups in total. The van der Waals surface area contributed by atoms with E-state index in [9.17, 15) is 9.18 Å². The second-order valence-corrected chi connectivity index (χ2v) is 6.71. The zero-order valence-corrected chi connectivity index (χ0v) is 15.5. The number of carbonyl (C=O) groups excluding carboxylic acids is 1. The lowest BCUT2D eigenvalue weighted by molar-refractivity contribution is 0.102. The van der Waals surface area contributed by atoms with Gasteiger partial charge in [-0.25, -0.2) is 9.37 Å². The average Bonchev–Trinajstić information content (AvgIpc) is 3.24. The summed E-state index contributed by atoms with van der Waals surface area (Å²) in [6.07, 6.45) is 4.09. The highest BCUT2D eigenvalue weighted by atomic mass is 19.1. The molecule has 4 aromatic rings. The molecule has 2 heterocycles. The smallest absolute Gasteiger partial charge is 0.277 e. The molecule has 0 radical (unpaired) electrons. The van der Waals surface area contributed by atoms with Crippen LogP contribution < -0.4 is 11.1 Å². The van der Waals surface area contributed by atoms with Crippen LogP contribution in [0.3, 0.4) is 0 Å². The second-order valence-electron chi connectivity index (χ2n) is 6.71. The van der Waals surface area contributed by atoms with Gasteiger partial charge >= 0.3 is 0 Å². The van der Waals surface area contributed by atoms with Crippen LogP contribution in [0.2, 0.25) is 0 Å². The fraction of sp³-hybridized carbons (Fsp3) is 0.136. The van der Waals surface area contributed by atoms with E-state index in [0.717, 1.165) is 16.5 Å². The van der Waals surface area contributed by atoms with E-state index in [0.29, 0.717) is 18.5 Å². The van der Waals surface area contributed by atoms with E-state index in [2.05, 4.69) is 15.3 Å². The molecule has 2 aromatic carbocycles. The molecule has 0 unspecified atom stereocenters. The van der Waals surface area contributed by atoms with Crippen molar-refractivity contribution in [3.8, 4) is 0 Å². The number of nitrogens with zero attached hydrogens (tertiary/aromatic N) is 2. The molecular weight excluding hydrogens is 371 g/mol. The Morgan fingerprint density at radius 2 is 1.97 bits per heavy atom. The van der Waals surface area contributed by atoms with Crippen molar-refractivity contribution in [2.45, 2.75) is 18.9 Å². The zero-order valence-electron chi connectivity index (χ0n) is 15.5. The van der Waals surface area contributed by atoms with E-state index >= 15 is 0 Å². The fourth-order valence-electron chi connectivity index (χ4n) is 2.99. The van der Waals surface area contributed by atoms with Gasteiger partial charge in [0.1, 0.15) is 12.1 Å². The first-order valence-corrected chi connectivity index (χ1v) is 9.20. The van der Waals surface area contributed by atoms with Crippen molar-refractivity contribution in [3.05, 3.63) is 90.0 Å². The lowest BCUT2D eigenvalue weighted by Crippen LogP contribution is -2.15. The molecule has 6 nitrogen and oxygen atoms in total. The van der Waals surface area contributed by atoms with E-state index in [-0.39, 0.29) is 17.4 Å². The molecule has 1 atom stereocenters. The predicted octanol–water partition coefficient (Wildman–Crippen LogP) is 4.25. The number of rotatable bonds is 6. The van der Waals surface area contributed by atoms with Crippen LogP contribution >= 0.6 is 0 Å². The largest absolute Gasteiger partial charge is 0.446 e. The van der Waals surface area contributed by atoms with Gasteiger partial charge in [0.25, 0.3) is 5.91 Å². The van der Waals surface area contributed by atoms with E-state index in [1.807, 2.05) is 30.3 Å². The number of amides is 1. The maximum atomic E-state index is 13.0. The van der Waals surface area contributed by atoms with Crippen molar-refractivity contribution in [2.24, 2.45) is 5.73 Å². The van der Waals surface area contributed by atoms with Gasteiger partial charge < -0.3 is 15.5 Å². The third-order valence-electron chi connectivity index (χ3n) is 4.58. The lowest BCUT2D eigenvalue weighted by Gasteiger charge is -2.07. The number of hydrogen-bond acceptors (Lipinski definition) is 5. The Balaban J connectivity index is 1.39. The molecule has 0 saturated heterocycles. The van der Waals surface area contributed by atoms with Crippen molar-refractivity contribution in [3.63, 3.8) is 0 Å². The minimum absolute atomic E-state index is 0.144. The number of nitrogens with one attached hydrogen (secondary N) is 1. The minimum atomic E-state index is -0.469. The topological polar surface area (TPSA) is 94.0 Å². The van der Waals surface area contributed by atoms with Crippen molar-refractivity contribution < 1.29 is 13.6 Å². The molecule has 0 bridgehead atoms. The van der Waals surface area contributed by atoms with Crippen molar-refractivity contribution >= 4 is 22.5 Å². The number of halogens is 1. The molecule has 0 aliphatic heterocycles. The minimum Gasteiger partial charge on any atom is -0.446 e. The Hall–Kier alpha value is -3.58. The number of oxazole rings is 1. The van der Waals surface area contributed by atoms with Gasteiger partial charge in [0.15, 0.2) is 5.69 Å². The summed E-state index contributed by atoms with van der Waals surface area (Å²) in [7, 11) is 0. The summed E-state index contributed by atoms with van der Waals surface area (Å²) in [6.45, 7) is 0. The van der Waals surface area contributed by atoms with Gasteiger partial charge in [0, 0.05) is 5.39 Å². The Morgan fingerprint density at radius 3 is 2.79 bits per heavy atom. The van der Waals surface area contributed by atoms with E-state index < -0.39 is 11.9 Å². The van der Waals surface area contributed by atoms with Crippen LogP contribution in [0, 0.1) is 5.82 Å². The predicted molar refractivity (Wildman–Crippen MR) is 108 cm³/mol. The molecule has 0 fully saturated rings. The average molecular weight is 390 g/mol. The molecular formula is C22H19FN4O2. The van der Waals surface area contributed by atoms with E-state index in [1.165, 1.54) is 18.4 Å². The first-order chi connectivity index (χ1) is 14.1. The molecule has 7 heteroatoms. The van der Waals surface area contributed by atoms with Gasteiger partial charge in [-0.2, -0.15) is 0 Å². The summed E-state index contributed by atoms with van der Waals surface area (Å²) in [6, 6.07) is 15.3. The number of anilines is 1. The molecule has 0 aliphatic rings. The Labute approximate surface area is 166 Å². The first kappa shape index (κ1) is 18.8. The van der Waals surface area contributed by atoms with E-state index in [4.69, 9.17) is 10.2 Å². The summed E-state index contributed by atoms with van der Waals surface area (Å²) in [4.78, 5) is 21.0. The maximum absolute atomic E-state index is 13.0. The zero-order chi connectivity index (χ0) is 20.2. The third-order valence-corrected chi connectivity index (χ3v) is 4.58. The number of hydrogen-bond donors (Lipinski definition) is 2. The van der Waals surface area contributed by atoms with Gasteiger partial charge in [-0.15, -0.1) is 0 Å². The monoisotopic (exact) mass is 390 g/mol. The number of carbonyl (C=O) groups is 1. The number of aromatic nitrogens is 2. The fourth-order valence-corrected chi connectivity index (χ4v) is 2.99. The molecule has 0 saturated carbocycles. The van der Waals surface area contributed by atoms with Gasteiger partial charge in [0.2, 0.25) is 5.89 Å². The molecule has 0 aliphatic carbocycles. The van der Waals surface area contributed by atoms with Crippen molar-refractivity contribution in [1.82, 2.24) is 9.97 Å². The van der Waals surface area contributed by atoms with Crippen LogP contribution in [0.15, 0.2) is 71.5 Å². The summed E-state index contributed by atoms with van der Waals surface area (Å²) < 4.78 is 18.4. The SMILES string of the molecule is N[C@H](CCc1ccc(F)cc1)c1nc(C(=O)Nc2cnc3ccccc3c2)co1. The number of benzene rings is 2. The highest BCUT2D eigenvalue weighted by Gasteiger charge is 2.17. The van der Waals surface area contributed by atoms with Gasteiger partial charge in [-0.1, -0.05) is 30.3 Å². The second kappa shape index (κ2) is 8.20. The molecule has 29 heavy (non-hydrogen) atoms. The molecule has 2 aromatic heterocycles. The number of nitrogens with two attached hydrogens (primary N) is 1. The van der Waals surface area contributed by atoms with Crippen LogP contribution in [0.25, 0.3) is 10.9 Å². The van der Waals surface area contributed by atoms with Crippen LogP contribution in [-0.2, 0) is 6.42 Å². The van der Waals surface area contributed by atoms with Gasteiger partial charge in [-0.05, 0) is 42.7 Å². The van der Waals surface area contributed by atoms with Crippen LogP contribution in [0.1, 0.15) is 34.4 Å².